The quantitative estimate of drug-likeness (QED) is 0.692. The van der Waals surface area contributed by atoms with Gasteiger partial charge in [-0.3, -0.25) is 9.59 Å². The van der Waals surface area contributed by atoms with Gasteiger partial charge in [-0.1, -0.05) is 29.8 Å². The summed E-state index contributed by atoms with van der Waals surface area (Å²) in [7, 11) is 0. The highest BCUT2D eigenvalue weighted by Gasteiger charge is 2.09. The standard InChI is InChI=1S/C21H14ClN3O2/c22-19-12-18(11-8-16(19)13-23)25-21(27)15-6-9-17(10-7-15)24-20(26)14-4-2-1-3-5-14/h1-12H,(H,24,26)(H,25,27). The highest BCUT2D eigenvalue weighted by molar-refractivity contribution is 6.32. The fourth-order valence-electron chi connectivity index (χ4n) is 2.38. The van der Waals surface area contributed by atoms with Crippen LogP contribution in [0.1, 0.15) is 26.3 Å². The molecule has 132 valence electrons. The second kappa shape index (κ2) is 8.17. The van der Waals surface area contributed by atoms with E-state index < -0.39 is 0 Å². The van der Waals surface area contributed by atoms with Crippen LogP contribution in [0.3, 0.4) is 0 Å². The SMILES string of the molecule is N#Cc1ccc(NC(=O)c2ccc(NC(=O)c3ccccc3)cc2)cc1Cl. The maximum Gasteiger partial charge on any atom is 0.255 e. The molecular formula is C21H14ClN3O2. The molecule has 0 heterocycles. The number of carbonyl (C=O) groups excluding carboxylic acids is 2. The molecule has 2 N–H and O–H groups in total. The van der Waals surface area contributed by atoms with E-state index in [1.54, 1.807) is 60.7 Å². The predicted octanol–water partition coefficient (Wildman–Crippen LogP) is 4.72. The lowest BCUT2D eigenvalue weighted by Crippen LogP contribution is -2.13. The number of benzene rings is 3. The largest absolute Gasteiger partial charge is 0.322 e. The number of nitrogens with one attached hydrogen (secondary N) is 2. The summed E-state index contributed by atoms with van der Waals surface area (Å²) in [5, 5.41) is 14.6. The Kier molecular flexibility index (Phi) is 5.50. The summed E-state index contributed by atoms with van der Waals surface area (Å²) in [6.07, 6.45) is 0. The second-order valence-electron chi connectivity index (χ2n) is 5.66. The van der Waals surface area contributed by atoms with Crippen LogP contribution in [0.25, 0.3) is 0 Å². The van der Waals surface area contributed by atoms with Gasteiger partial charge in [-0.2, -0.15) is 5.26 Å². The summed E-state index contributed by atoms with van der Waals surface area (Å²) < 4.78 is 0. The first-order chi connectivity index (χ1) is 13.1. The van der Waals surface area contributed by atoms with E-state index >= 15 is 0 Å². The zero-order valence-corrected chi connectivity index (χ0v) is 14.8. The topological polar surface area (TPSA) is 82.0 Å². The molecular weight excluding hydrogens is 362 g/mol. The summed E-state index contributed by atoms with van der Waals surface area (Å²) >= 11 is 5.96. The van der Waals surface area contributed by atoms with Crippen molar-refractivity contribution in [3.8, 4) is 6.07 Å². The van der Waals surface area contributed by atoms with Crippen molar-refractivity contribution in [1.29, 1.82) is 5.26 Å². The van der Waals surface area contributed by atoms with E-state index in [4.69, 9.17) is 16.9 Å². The molecule has 2 amide bonds. The van der Waals surface area contributed by atoms with Crippen LogP contribution in [0.15, 0.2) is 72.8 Å². The van der Waals surface area contributed by atoms with Crippen LogP contribution in [0.2, 0.25) is 5.02 Å². The average molecular weight is 376 g/mol. The van der Waals surface area contributed by atoms with Crippen molar-refractivity contribution >= 4 is 34.8 Å². The van der Waals surface area contributed by atoms with Crippen molar-refractivity contribution in [3.05, 3.63) is 94.5 Å². The maximum atomic E-state index is 12.3. The molecule has 5 nitrogen and oxygen atoms in total. The summed E-state index contributed by atoms with van der Waals surface area (Å²) in [5.74, 6) is -0.545. The van der Waals surface area contributed by atoms with Crippen LogP contribution in [0.5, 0.6) is 0 Å². The van der Waals surface area contributed by atoms with E-state index in [1.165, 1.54) is 6.07 Å². The summed E-state index contributed by atoms with van der Waals surface area (Å²) in [6, 6.07) is 22.0. The van der Waals surface area contributed by atoms with Gasteiger partial charge in [0.05, 0.1) is 10.6 Å². The normalized spacial score (nSPS) is 9.93. The Balaban J connectivity index is 1.66. The van der Waals surface area contributed by atoms with Crippen LogP contribution in [-0.2, 0) is 0 Å². The number of anilines is 2. The third kappa shape index (κ3) is 4.51. The van der Waals surface area contributed by atoms with Gasteiger partial charge in [0.15, 0.2) is 0 Å². The fraction of sp³-hybridized carbons (Fsp3) is 0. The van der Waals surface area contributed by atoms with Crippen LogP contribution in [0.4, 0.5) is 11.4 Å². The summed E-state index contributed by atoms with van der Waals surface area (Å²) in [4.78, 5) is 24.5. The van der Waals surface area contributed by atoms with Crippen molar-refractivity contribution in [2.75, 3.05) is 10.6 Å². The Morgan fingerprint density at radius 1 is 0.778 bits per heavy atom. The van der Waals surface area contributed by atoms with E-state index in [0.717, 1.165) is 0 Å². The fourth-order valence-corrected chi connectivity index (χ4v) is 2.61. The minimum atomic E-state index is -0.322. The van der Waals surface area contributed by atoms with E-state index in [0.29, 0.717) is 28.1 Å². The Morgan fingerprint density at radius 3 is 1.93 bits per heavy atom. The molecule has 0 spiro atoms. The highest BCUT2D eigenvalue weighted by atomic mass is 35.5. The Hall–Kier alpha value is -3.62. The van der Waals surface area contributed by atoms with E-state index in [2.05, 4.69) is 10.6 Å². The number of rotatable bonds is 4. The minimum Gasteiger partial charge on any atom is -0.322 e. The number of hydrogen-bond donors (Lipinski definition) is 2. The molecule has 3 aromatic carbocycles. The summed E-state index contributed by atoms with van der Waals surface area (Å²) in [6.45, 7) is 0. The lowest BCUT2D eigenvalue weighted by molar-refractivity contribution is 0.102. The zero-order chi connectivity index (χ0) is 19.2. The van der Waals surface area contributed by atoms with Gasteiger partial charge in [0, 0.05) is 22.5 Å². The van der Waals surface area contributed by atoms with Gasteiger partial charge >= 0.3 is 0 Å². The van der Waals surface area contributed by atoms with E-state index in [9.17, 15) is 9.59 Å². The van der Waals surface area contributed by atoms with Crippen molar-refractivity contribution in [2.24, 2.45) is 0 Å². The second-order valence-corrected chi connectivity index (χ2v) is 6.07. The molecule has 0 aliphatic rings. The van der Waals surface area contributed by atoms with Crippen molar-refractivity contribution in [2.45, 2.75) is 0 Å². The van der Waals surface area contributed by atoms with Gasteiger partial charge in [0.1, 0.15) is 6.07 Å². The molecule has 3 rings (SSSR count). The molecule has 0 saturated heterocycles. The average Bonchev–Trinajstić information content (AvgIpc) is 2.69. The number of hydrogen-bond acceptors (Lipinski definition) is 3. The van der Waals surface area contributed by atoms with Gasteiger partial charge < -0.3 is 10.6 Å². The number of amides is 2. The van der Waals surface area contributed by atoms with Crippen LogP contribution in [-0.4, -0.2) is 11.8 Å². The third-order valence-electron chi connectivity index (χ3n) is 3.79. The zero-order valence-electron chi connectivity index (χ0n) is 14.1. The number of nitriles is 1. The molecule has 0 fully saturated rings. The first-order valence-electron chi connectivity index (χ1n) is 8.04. The number of carbonyl (C=O) groups is 2. The smallest absolute Gasteiger partial charge is 0.255 e. The predicted molar refractivity (Wildman–Crippen MR) is 105 cm³/mol. The molecule has 0 saturated carbocycles. The monoisotopic (exact) mass is 375 g/mol. The maximum absolute atomic E-state index is 12.3. The molecule has 0 unspecified atom stereocenters. The van der Waals surface area contributed by atoms with Gasteiger partial charge in [-0.15, -0.1) is 0 Å². The van der Waals surface area contributed by atoms with E-state index in [1.807, 2.05) is 12.1 Å². The Morgan fingerprint density at radius 2 is 1.33 bits per heavy atom. The summed E-state index contributed by atoms with van der Waals surface area (Å²) in [5.41, 5.74) is 2.39. The van der Waals surface area contributed by atoms with E-state index in [-0.39, 0.29) is 16.8 Å². The molecule has 3 aromatic rings. The van der Waals surface area contributed by atoms with Gasteiger partial charge in [0.25, 0.3) is 11.8 Å². The molecule has 6 heteroatoms. The van der Waals surface area contributed by atoms with Crippen molar-refractivity contribution in [3.63, 3.8) is 0 Å². The van der Waals surface area contributed by atoms with Gasteiger partial charge in [-0.05, 0) is 54.6 Å². The molecule has 0 bridgehead atoms. The number of halogens is 1. The molecule has 0 radical (unpaired) electrons. The highest BCUT2D eigenvalue weighted by Crippen LogP contribution is 2.21. The first kappa shape index (κ1) is 18.2. The minimum absolute atomic E-state index is 0.222. The Bertz CT molecular complexity index is 1030. The van der Waals surface area contributed by atoms with Crippen molar-refractivity contribution < 1.29 is 9.59 Å². The lowest BCUT2D eigenvalue weighted by atomic mass is 10.1. The third-order valence-corrected chi connectivity index (χ3v) is 4.10. The van der Waals surface area contributed by atoms with Crippen LogP contribution < -0.4 is 10.6 Å². The lowest BCUT2D eigenvalue weighted by Gasteiger charge is -2.08. The van der Waals surface area contributed by atoms with Crippen LogP contribution in [0, 0.1) is 11.3 Å². The molecule has 0 atom stereocenters. The molecule has 0 aromatic heterocycles. The Labute approximate surface area is 161 Å². The first-order valence-corrected chi connectivity index (χ1v) is 8.42. The van der Waals surface area contributed by atoms with Gasteiger partial charge in [0.2, 0.25) is 0 Å². The molecule has 0 aliphatic carbocycles. The van der Waals surface area contributed by atoms with Crippen molar-refractivity contribution in [1.82, 2.24) is 0 Å². The molecule has 0 aliphatic heterocycles. The van der Waals surface area contributed by atoms with Crippen LogP contribution >= 0.6 is 11.6 Å². The van der Waals surface area contributed by atoms with Gasteiger partial charge in [-0.25, -0.2) is 0 Å². The molecule has 27 heavy (non-hydrogen) atoms. The number of nitrogens with zero attached hydrogens (tertiary/aromatic N) is 1.